The Morgan fingerprint density at radius 3 is 2.78 bits per heavy atom. The zero-order valence-corrected chi connectivity index (χ0v) is 11.7. The highest BCUT2D eigenvalue weighted by molar-refractivity contribution is 7.86. The molecule has 0 bridgehead atoms. The number of hydrogen-bond donors (Lipinski definition) is 1. The van der Waals surface area contributed by atoms with Crippen molar-refractivity contribution in [2.75, 3.05) is 32.8 Å². The molecule has 18 heavy (non-hydrogen) atoms. The van der Waals surface area contributed by atoms with E-state index in [2.05, 4.69) is 0 Å². The number of hydrogen-bond acceptors (Lipinski definition) is 3. The van der Waals surface area contributed by atoms with Gasteiger partial charge in [0.05, 0.1) is 0 Å². The molecule has 6 heteroatoms. The molecular formula is C12H22N2O3S. The van der Waals surface area contributed by atoms with Crippen LogP contribution >= 0.6 is 0 Å². The van der Waals surface area contributed by atoms with Crippen molar-refractivity contribution in [3.63, 3.8) is 0 Å². The van der Waals surface area contributed by atoms with E-state index in [9.17, 15) is 13.5 Å². The first-order valence-corrected chi connectivity index (χ1v) is 7.95. The van der Waals surface area contributed by atoms with Gasteiger partial charge >= 0.3 is 0 Å². The molecule has 0 aromatic carbocycles. The predicted molar refractivity (Wildman–Crippen MR) is 70.2 cm³/mol. The molecule has 0 saturated carbocycles. The van der Waals surface area contributed by atoms with Crippen LogP contribution in [0.2, 0.25) is 0 Å². The lowest BCUT2D eigenvalue weighted by Gasteiger charge is -2.35. The van der Waals surface area contributed by atoms with Crippen molar-refractivity contribution >= 4 is 10.2 Å². The maximum absolute atomic E-state index is 12.4. The molecule has 0 aromatic rings. The van der Waals surface area contributed by atoms with E-state index in [-0.39, 0.29) is 12.5 Å². The lowest BCUT2D eigenvalue weighted by molar-refractivity contribution is 0.161. The molecular weight excluding hydrogens is 252 g/mol. The van der Waals surface area contributed by atoms with Gasteiger partial charge in [0.15, 0.2) is 0 Å². The smallest absolute Gasteiger partial charge is 0.282 e. The van der Waals surface area contributed by atoms with E-state index in [0.717, 1.165) is 19.3 Å². The number of rotatable bonds is 3. The second-order valence-electron chi connectivity index (χ2n) is 5.22. The molecule has 0 spiro atoms. The summed E-state index contributed by atoms with van der Waals surface area (Å²) in [4.78, 5) is 0. The van der Waals surface area contributed by atoms with Crippen molar-refractivity contribution in [2.45, 2.75) is 26.2 Å². The normalized spacial score (nSPS) is 28.1. The summed E-state index contributed by atoms with van der Waals surface area (Å²) in [5.74, 6) is 0.0931. The van der Waals surface area contributed by atoms with Crippen molar-refractivity contribution in [2.24, 2.45) is 5.92 Å². The lowest BCUT2D eigenvalue weighted by atomic mass is 10.0. The van der Waals surface area contributed by atoms with Gasteiger partial charge in [-0.25, -0.2) is 0 Å². The van der Waals surface area contributed by atoms with Crippen molar-refractivity contribution in [3.05, 3.63) is 11.6 Å². The molecule has 0 radical (unpaired) electrons. The Hall–Kier alpha value is -0.430. The Kier molecular flexibility index (Phi) is 4.42. The fourth-order valence-electron chi connectivity index (χ4n) is 2.51. The van der Waals surface area contributed by atoms with Gasteiger partial charge in [-0.15, -0.1) is 0 Å². The number of aliphatic hydroxyl groups is 1. The SMILES string of the molecule is CC1=CCN(S(=O)(=O)N2CCCC(CO)C2)CC1. The number of piperidine rings is 1. The van der Waals surface area contributed by atoms with Crippen LogP contribution in [0, 0.1) is 5.92 Å². The van der Waals surface area contributed by atoms with Crippen molar-refractivity contribution in [3.8, 4) is 0 Å². The second-order valence-corrected chi connectivity index (χ2v) is 7.14. The largest absolute Gasteiger partial charge is 0.396 e. The fourth-order valence-corrected chi connectivity index (χ4v) is 4.18. The van der Waals surface area contributed by atoms with E-state index in [1.54, 1.807) is 4.31 Å². The minimum absolute atomic E-state index is 0.0744. The Labute approximate surface area is 109 Å². The summed E-state index contributed by atoms with van der Waals surface area (Å²) in [6, 6.07) is 0. The van der Waals surface area contributed by atoms with E-state index in [4.69, 9.17) is 0 Å². The van der Waals surface area contributed by atoms with E-state index < -0.39 is 10.2 Å². The molecule has 1 saturated heterocycles. The average Bonchev–Trinajstić information content (AvgIpc) is 2.39. The van der Waals surface area contributed by atoms with Crippen LogP contribution in [0.4, 0.5) is 0 Å². The van der Waals surface area contributed by atoms with Crippen LogP contribution < -0.4 is 0 Å². The molecule has 0 aromatic heterocycles. The molecule has 1 fully saturated rings. The third-order valence-electron chi connectivity index (χ3n) is 3.79. The van der Waals surface area contributed by atoms with Gasteiger partial charge in [0.2, 0.25) is 0 Å². The van der Waals surface area contributed by atoms with Crippen LogP contribution in [-0.2, 0) is 10.2 Å². The van der Waals surface area contributed by atoms with E-state index in [0.29, 0.717) is 26.2 Å². The van der Waals surface area contributed by atoms with Crippen molar-refractivity contribution in [1.82, 2.24) is 8.61 Å². The third-order valence-corrected chi connectivity index (χ3v) is 5.76. The second kappa shape index (κ2) is 5.69. The molecule has 2 rings (SSSR count). The van der Waals surface area contributed by atoms with Gasteiger partial charge in [0.1, 0.15) is 0 Å². The highest BCUT2D eigenvalue weighted by Gasteiger charge is 2.33. The molecule has 1 unspecified atom stereocenters. The Morgan fingerprint density at radius 1 is 1.39 bits per heavy atom. The van der Waals surface area contributed by atoms with E-state index >= 15 is 0 Å². The van der Waals surface area contributed by atoms with Crippen LogP contribution in [-0.4, -0.2) is 54.9 Å². The Morgan fingerprint density at radius 2 is 2.17 bits per heavy atom. The first-order valence-electron chi connectivity index (χ1n) is 6.55. The maximum atomic E-state index is 12.4. The number of nitrogens with zero attached hydrogens (tertiary/aromatic N) is 2. The van der Waals surface area contributed by atoms with Crippen LogP contribution in [0.3, 0.4) is 0 Å². The molecule has 1 N–H and O–H groups in total. The molecule has 0 aliphatic carbocycles. The molecule has 2 heterocycles. The lowest BCUT2D eigenvalue weighted by Crippen LogP contribution is -2.49. The highest BCUT2D eigenvalue weighted by atomic mass is 32.2. The van der Waals surface area contributed by atoms with Crippen LogP contribution in [0.15, 0.2) is 11.6 Å². The van der Waals surface area contributed by atoms with Gasteiger partial charge in [-0.2, -0.15) is 17.0 Å². The van der Waals surface area contributed by atoms with Gasteiger partial charge in [0, 0.05) is 32.8 Å². The molecule has 2 aliphatic heterocycles. The molecule has 0 amide bonds. The quantitative estimate of drug-likeness (QED) is 0.766. The Balaban J connectivity index is 2.06. The van der Waals surface area contributed by atoms with Crippen LogP contribution in [0.1, 0.15) is 26.2 Å². The van der Waals surface area contributed by atoms with E-state index in [1.807, 2.05) is 13.0 Å². The monoisotopic (exact) mass is 274 g/mol. The molecule has 104 valence electrons. The molecule has 1 atom stereocenters. The summed E-state index contributed by atoms with van der Waals surface area (Å²) < 4.78 is 28.0. The number of aliphatic hydroxyl groups excluding tert-OH is 1. The first kappa shape index (κ1) is 14.0. The average molecular weight is 274 g/mol. The van der Waals surface area contributed by atoms with Gasteiger partial charge in [-0.1, -0.05) is 11.6 Å². The van der Waals surface area contributed by atoms with Crippen molar-refractivity contribution < 1.29 is 13.5 Å². The summed E-state index contributed by atoms with van der Waals surface area (Å²) in [7, 11) is -3.34. The third kappa shape index (κ3) is 2.93. The topological polar surface area (TPSA) is 60.9 Å². The maximum Gasteiger partial charge on any atom is 0.282 e. The zero-order valence-electron chi connectivity index (χ0n) is 10.9. The van der Waals surface area contributed by atoms with Gasteiger partial charge < -0.3 is 5.11 Å². The summed E-state index contributed by atoms with van der Waals surface area (Å²) in [5.41, 5.74) is 1.26. The minimum atomic E-state index is -3.34. The standard InChI is InChI=1S/C12H22N2O3S/c1-11-4-7-13(8-5-11)18(16,17)14-6-2-3-12(9-14)10-15/h4,12,15H,2-3,5-10H2,1H3. The van der Waals surface area contributed by atoms with Gasteiger partial charge in [-0.05, 0) is 32.1 Å². The summed E-state index contributed by atoms with van der Waals surface area (Å²) >= 11 is 0. The fraction of sp³-hybridized carbons (Fsp3) is 0.833. The van der Waals surface area contributed by atoms with Crippen LogP contribution in [0.25, 0.3) is 0 Å². The van der Waals surface area contributed by atoms with Crippen LogP contribution in [0.5, 0.6) is 0 Å². The van der Waals surface area contributed by atoms with Gasteiger partial charge in [-0.3, -0.25) is 0 Å². The summed E-state index contributed by atoms with van der Waals surface area (Å²) in [6.07, 6.45) is 4.56. The zero-order chi connectivity index (χ0) is 13.2. The summed E-state index contributed by atoms with van der Waals surface area (Å²) in [6.45, 7) is 4.20. The first-order chi connectivity index (χ1) is 8.54. The Bertz CT molecular complexity index is 419. The van der Waals surface area contributed by atoms with Gasteiger partial charge in [0.25, 0.3) is 10.2 Å². The predicted octanol–water partition coefficient (Wildman–Crippen LogP) is 0.587. The van der Waals surface area contributed by atoms with E-state index in [1.165, 1.54) is 9.88 Å². The molecule has 5 nitrogen and oxygen atoms in total. The molecule has 2 aliphatic rings. The summed E-state index contributed by atoms with van der Waals surface area (Å²) in [5, 5.41) is 9.17. The minimum Gasteiger partial charge on any atom is -0.396 e. The van der Waals surface area contributed by atoms with Crippen molar-refractivity contribution in [1.29, 1.82) is 0 Å². The highest BCUT2D eigenvalue weighted by Crippen LogP contribution is 2.22.